The molecule has 1 N–H and O–H groups in total. The number of benzene rings is 2. The van der Waals surface area contributed by atoms with Crippen molar-refractivity contribution in [2.24, 2.45) is 0 Å². The molecular formula is C23H30N2O4S. The highest BCUT2D eigenvalue weighted by Crippen LogP contribution is 2.22. The van der Waals surface area contributed by atoms with Crippen LogP contribution in [0.1, 0.15) is 38.8 Å². The van der Waals surface area contributed by atoms with Gasteiger partial charge in [-0.25, -0.2) is 8.42 Å². The Morgan fingerprint density at radius 2 is 1.73 bits per heavy atom. The third kappa shape index (κ3) is 6.18. The van der Waals surface area contributed by atoms with Crippen molar-refractivity contribution in [1.82, 2.24) is 4.31 Å². The lowest BCUT2D eigenvalue weighted by molar-refractivity contribution is -0.111. The normalized spacial score (nSPS) is 12.0. The van der Waals surface area contributed by atoms with Crippen LogP contribution in [0.2, 0.25) is 0 Å². The largest absolute Gasteiger partial charge is 0.491 e. The summed E-state index contributed by atoms with van der Waals surface area (Å²) in [6.07, 6.45) is 3.15. The van der Waals surface area contributed by atoms with Crippen molar-refractivity contribution in [3.05, 3.63) is 59.7 Å². The second-order valence-corrected chi connectivity index (χ2v) is 9.06. The maximum Gasteiger partial charge on any atom is 0.248 e. The minimum atomic E-state index is -3.49. The molecule has 0 unspecified atom stereocenters. The third-order valence-corrected chi connectivity index (χ3v) is 6.54. The van der Waals surface area contributed by atoms with Crippen molar-refractivity contribution in [2.75, 3.05) is 18.4 Å². The van der Waals surface area contributed by atoms with Gasteiger partial charge in [-0.1, -0.05) is 26.0 Å². The molecule has 2 aromatic rings. The molecule has 0 aliphatic heterocycles. The molecule has 1 amide bonds. The van der Waals surface area contributed by atoms with Gasteiger partial charge < -0.3 is 10.1 Å². The number of rotatable bonds is 9. The van der Waals surface area contributed by atoms with Gasteiger partial charge in [0, 0.05) is 24.9 Å². The van der Waals surface area contributed by atoms with E-state index in [2.05, 4.69) is 5.32 Å². The van der Waals surface area contributed by atoms with E-state index in [0.29, 0.717) is 18.8 Å². The standard InChI is InChI=1S/C23H30N2O4S/c1-6-25(7-2)30(27,28)21-12-8-19(9-13-21)10-15-23(26)24-22-14-11-20(16-18(22)5)29-17(3)4/h8-17H,6-7H2,1-5H3,(H,24,26). The van der Waals surface area contributed by atoms with Gasteiger partial charge in [-0.3, -0.25) is 4.79 Å². The van der Waals surface area contributed by atoms with Crippen molar-refractivity contribution in [2.45, 2.75) is 45.6 Å². The predicted octanol–water partition coefficient (Wildman–Crippen LogP) is 4.46. The van der Waals surface area contributed by atoms with Gasteiger partial charge in [-0.05, 0) is 68.3 Å². The van der Waals surface area contributed by atoms with E-state index in [1.807, 2.05) is 52.8 Å². The summed E-state index contributed by atoms with van der Waals surface area (Å²) in [4.78, 5) is 12.5. The second kappa shape index (κ2) is 10.4. The molecule has 0 fully saturated rings. The second-order valence-electron chi connectivity index (χ2n) is 7.12. The molecule has 0 saturated heterocycles. The molecule has 0 heterocycles. The van der Waals surface area contributed by atoms with Gasteiger partial charge in [-0.2, -0.15) is 4.31 Å². The molecule has 7 heteroatoms. The Bertz CT molecular complexity index is 992. The maximum atomic E-state index is 12.5. The number of ether oxygens (including phenoxy) is 1. The number of hydrogen-bond acceptors (Lipinski definition) is 4. The van der Waals surface area contributed by atoms with Crippen LogP contribution in [0.4, 0.5) is 5.69 Å². The Labute approximate surface area is 179 Å². The maximum absolute atomic E-state index is 12.5. The van der Waals surface area contributed by atoms with Crippen LogP contribution in [0.3, 0.4) is 0 Å². The van der Waals surface area contributed by atoms with E-state index in [9.17, 15) is 13.2 Å². The Balaban J connectivity index is 2.05. The molecule has 0 aromatic heterocycles. The fourth-order valence-corrected chi connectivity index (χ4v) is 4.39. The summed E-state index contributed by atoms with van der Waals surface area (Å²) in [5.41, 5.74) is 2.35. The van der Waals surface area contributed by atoms with E-state index >= 15 is 0 Å². The van der Waals surface area contributed by atoms with E-state index in [-0.39, 0.29) is 16.9 Å². The van der Waals surface area contributed by atoms with Crippen molar-refractivity contribution in [3.63, 3.8) is 0 Å². The highest BCUT2D eigenvalue weighted by atomic mass is 32.2. The lowest BCUT2D eigenvalue weighted by Gasteiger charge is -2.18. The van der Waals surface area contributed by atoms with E-state index in [0.717, 1.165) is 16.9 Å². The minimum Gasteiger partial charge on any atom is -0.491 e. The highest BCUT2D eigenvalue weighted by molar-refractivity contribution is 7.89. The van der Waals surface area contributed by atoms with Crippen LogP contribution in [0.25, 0.3) is 6.08 Å². The number of carbonyl (C=O) groups is 1. The van der Waals surface area contributed by atoms with Crippen LogP contribution in [0, 0.1) is 6.92 Å². The summed E-state index contributed by atoms with van der Waals surface area (Å²) in [6, 6.07) is 12.0. The molecule has 0 atom stereocenters. The lowest BCUT2D eigenvalue weighted by atomic mass is 10.2. The zero-order chi connectivity index (χ0) is 22.3. The Hall–Kier alpha value is -2.64. The number of anilines is 1. The predicted molar refractivity (Wildman–Crippen MR) is 121 cm³/mol. The van der Waals surface area contributed by atoms with Crippen molar-refractivity contribution >= 4 is 27.7 Å². The SMILES string of the molecule is CCN(CC)S(=O)(=O)c1ccc(C=CC(=O)Nc2ccc(OC(C)C)cc2C)cc1. The van der Waals surface area contributed by atoms with E-state index in [1.165, 1.54) is 10.4 Å². The third-order valence-electron chi connectivity index (χ3n) is 4.48. The summed E-state index contributed by atoms with van der Waals surface area (Å²) in [5, 5.41) is 2.84. The van der Waals surface area contributed by atoms with Crippen LogP contribution in [-0.4, -0.2) is 37.8 Å². The smallest absolute Gasteiger partial charge is 0.248 e. The van der Waals surface area contributed by atoms with Gasteiger partial charge in [0.1, 0.15) is 5.75 Å². The van der Waals surface area contributed by atoms with Gasteiger partial charge in [0.15, 0.2) is 0 Å². The molecule has 2 aromatic carbocycles. The Kier molecular flexibility index (Phi) is 8.20. The number of nitrogens with zero attached hydrogens (tertiary/aromatic N) is 1. The van der Waals surface area contributed by atoms with Gasteiger partial charge in [0.2, 0.25) is 15.9 Å². The molecule has 0 aliphatic rings. The Morgan fingerprint density at radius 3 is 2.27 bits per heavy atom. The quantitative estimate of drug-likeness (QED) is 0.596. The van der Waals surface area contributed by atoms with E-state index in [4.69, 9.17) is 4.74 Å². The first-order valence-electron chi connectivity index (χ1n) is 10.0. The van der Waals surface area contributed by atoms with Gasteiger partial charge in [0.25, 0.3) is 0 Å². The summed E-state index contributed by atoms with van der Waals surface area (Å²) in [5.74, 6) is 0.492. The monoisotopic (exact) mass is 430 g/mol. The molecule has 6 nitrogen and oxygen atoms in total. The molecule has 0 bridgehead atoms. The zero-order valence-corrected chi connectivity index (χ0v) is 19.0. The van der Waals surface area contributed by atoms with Gasteiger partial charge in [-0.15, -0.1) is 0 Å². The summed E-state index contributed by atoms with van der Waals surface area (Å²) >= 11 is 0. The fourth-order valence-electron chi connectivity index (χ4n) is 2.93. The molecule has 0 radical (unpaired) electrons. The van der Waals surface area contributed by atoms with Crippen molar-refractivity contribution in [1.29, 1.82) is 0 Å². The average molecular weight is 431 g/mol. The number of amides is 1. The summed E-state index contributed by atoms with van der Waals surface area (Å²) in [6.45, 7) is 10.3. The summed E-state index contributed by atoms with van der Waals surface area (Å²) < 4.78 is 32.1. The molecular weight excluding hydrogens is 400 g/mol. The lowest BCUT2D eigenvalue weighted by Crippen LogP contribution is -2.30. The Morgan fingerprint density at radius 1 is 1.10 bits per heavy atom. The molecule has 162 valence electrons. The van der Waals surface area contributed by atoms with Crippen LogP contribution >= 0.6 is 0 Å². The molecule has 2 rings (SSSR count). The minimum absolute atomic E-state index is 0.0844. The number of aryl methyl sites for hydroxylation is 1. The van der Waals surface area contributed by atoms with Gasteiger partial charge in [0.05, 0.1) is 11.0 Å². The van der Waals surface area contributed by atoms with Crippen LogP contribution in [-0.2, 0) is 14.8 Å². The number of nitrogens with one attached hydrogen (secondary N) is 1. The molecule has 0 aliphatic carbocycles. The zero-order valence-electron chi connectivity index (χ0n) is 18.2. The van der Waals surface area contributed by atoms with Crippen LogP contribution in [0.15, 0.2) is 53.4 Å². The molecule has 0 saturated carbocycles. The number of sulfonamides is 1. The molecule has 0 spiro atoms. The van der Waals surface area contributed by atoms with Crippen molar-refractivity contribution in [3.8, 4) is 5.75 Å². The first-order valence-corrected chi connectivity index (χ1v) is 11.5. The van der Waals surface area contributed by atoms with E-state index in [1.54, 1.807) is 30.3 Å². The fraction of sp³-hybridized carbons (Fsp3) is 0.348. The van der Waals surface area contributed by atoms with Crippen LogP contribution < -0.4 is 10.1 Å². The molecule has 30 heavy (non-hydrogen) atoms. The number of carbonyl (C=O) groups excluding carboxylic acids is 1. The van der Waals surface area contributed by atoms with Crippen molar-refractivity contribution < 1.29 is 17.9 Å². The summed E-state index contributed by atoms with van der Waals surface area (Å²) in [7, 11) is -3.49. The first-order chi connectivity index (χ1) is 14.2. The first kappa shape index (κ1) is 23.6. The average Bonchev–Trinajstić information content (AvgIpc) is 2.69. The number of hydrogen-bond donors (Lipinski definition) is 1. The topological polar surface area (TPSA) is 75.7 Å². The van der Waals surface area contributed by atoms with Gasteiger partial charge >= 0.3 is 0 Å². The van der Waals surface area contributed by atoms with E-state index < -0.39 is 10.0 Å². The van der Waals surface area contributed by atoms with Crippen LogP contribution in [0.5, 0.6) is 5.75 Å². The highest BCUT2D eigenvalue weighted by Gasteiger charge is 2.20.